The van der Waals surface area contributed by atoms with Gasteiger partial charge in [-0.05, 0) is 19.1 Å². The van der Waals surface area contributed by atoms with Gasteiger partial charge in [-0.25, -0.2) is 0 Å². The maximum atomic E-state index is 11.6. The third kappa shape index (κ3) is 4.58. The molecule has 0 bridgehead atoms. The Morgan fingerprint density at radius 3 is 2.46 bits per heavy atom. The number of benzene rings is 2. The van der Waals surface area contributed by atoms with Crippen LogP contribution in [0.1, 0.15) is 6.92 Å². The first-order valence-corrected chi connectivity index (χ1v) is 9.06. The highest BCUT2D eigenvalue weighted by Crippen LogP contribution is 2.39. The summed E-state index contributed by atoms with van der Waals surface area (Å²) >= 11 is 1.19. The summed E-state index contributed by atoms with van der Waals surface area (Å²) in [5.74, 6) is -0.202. The van der Waals surface area contributed by atoms with Crippen molar-refractivity contribution in [1.29, 1.82) is 0 Å². The lowest BCUT2D eigenvalue weighted by molar-refractivity contribution is -0.139. The molecule has 2 aromatic carbocycles. The van der Waals surface area contributed by atoms with Gasteiger partial charge in [0, 0.05) is 5.56 Å². The summed E-state index contributed by atoms with van der Waals surface area (Å²) in [5, 5.41) is 13.1. The highest BCUT2D eigenvalue weighted by atomic mass is 32.2. The summed E-state index contributed by atoms with van der Waals surface area (Å²) in [7, 11) is 0. The third-order valence-corrected chi connectivity index (χ3v) is 4.24. The summed E-state index contributed by atoms with van der Waals surface area (Å²) in [6.07, 6.45) is 0. The highest BCUT2D eigenvalue weighted by molar-refractivity contribution is 8.00. The van der Waals surface area contributed by atoms with Gasteiger partial charge in [-0.1, -0.05) is 65.4 Å². The maximum absolute atomic E-state index is 11.6. The van der Waals surface area contributed by atoms with Crippen LogP contribution in [0.2, 0.25) is 0 Å². The molecule has 0 fully saturated rings. The van der Waals surface area contributed by atoms with Gasteiger partial charge < -0.3 is 9.26 Å². The van der Waals surface area contributed by atoms with E-state index < -0.39 is 0 Å². The Kier molecular flexibility index (Phi) is 6.16. The van der Waals surface area contributed by atoms with Crippen molar-refractivity contribution in [2.75, 3.05) is 12.4 Å². The van der Waals surface area contributed by atoms with Gasteiger partial charge in [0.1, 0.15) is 5.69 Å². The van der Waals surface area contributed by atoms with E-state index in [1.807, 2.05) is 60.7 Å². The molecule has 132 valence electrons. The van der Waals surface area contributed by atoms with E-state index in [0.29, 0.717) is 28.8 Å². The average Bonchev–Trinajstić information content (AvgIpc) is 3.09. The molecule has 6 nitrogen and oxygen atoms in total. The quantitative estimate of drug-likeness (QED) is 0.317. The topological polar surface area (TPSA) is 77.0 Å². The van der Waals surface area contributed by atoms with Gasteiger partial charge in [-0.2, -0.15) is 5.11 Å². The zero-order valence-corrected chi connectivity index (χ0v) is 15.0. The van der Waals surface area contributed by atoms with Crippen LogP contribution in [0.15, 0.2) is 80.5 Å². The van der Waals surface area contributed by atoms with Gasteiger partial charge in [-0.3, -0.25) is 4.79 Å². The zero-order chi connectivity index (χ0) is 18.2. The van der Waals surface area contributed by atoms with Gasteiger partial charge >= 0.3 is 5.97 Å². The molecule has 0 aliphatic rings. The first-order valence-electron chi connectivity index (χ1n) is 8.08. The minimum Gasteiger partial charge on any atom is -0.465 e. The van der Waals surface area contributed by atoms with Crippen LogP contribution in [0, 0.1) is 0 Å². The third-order valence-electron chi connectivity index (χ3n) is 3.33. The van der Waals surface area contributed by atoms with Gasteiger partial charge in [0.15, 0.2) is 5.69 Å². The lowest BCUT2D eigenvalue weighted by atomic mass is 10.1. The van der Waals surface area contributed by atoms with E-state index in [1.165, 1.54) is 11.8 Å². The highest BCUT2D eigenvalue weighted by Gasteiger charge is 2.19. The molecule has 0 radical (unpaired) electrons. The van der Waals surface area contributed by atoms with Crippen molar-refractivity contribution in [3.63, 3.8) is 0 Å². The predicted octanol–water partition coefficient (Wildman–Crippen LogP) is 5.41. The number of rotatable bonds is 7. The fourth-order valence-corrected chi connectivity index (χ4v) is 2.86. The standard InChI is InChI=1S/C19H17N3O3S/c1-2-24-16(23)13-26-19-18(21-20-15-11-7-4-8-12-15)17(22-25-19)14-9-5-3-6-10-14/h3-12H,2,13H2,1H3. The average molecular weight is 367 g/mol. The van der Waals surface area contributed by atoms with Crippen LogP contribution in [0.4, 0.5) is 11.4 Å². The number of ether oxygens (including phenoxy) is 1. The number of thioether (sulfide) groups is 1. The normalized spacial score (nSPS) is 11.0. The van der Waals surface area contributed by atoms with Gasteiger partial charge in [-0.15, -0.1) is 5.11 Å². The molecule has 3 rings (SSSR count). The number of hydrogen-bond acceptors (Lipinski definition) is 7. The summed E-state index contributed by atoms with van der Waals surface area (Å²) < 4.78 is 10.4. The molecule has 0 aliphatic carbocycles. The Balaban J connectivity index is 1.90. The van der Waals surface area contributed by atoms with Crippen LogP contribution < -0.4 is 0 Å². The molecular weight excluding hydrogens is 350 g/mol. The Morgan fingerprint density at radius 1 is 1.08 bits per heavy atom. The molecule has 0 spiro atoms. The van der Waals surface area contributed by atoms with Crippen LogP contribution in [-0.4, -0.2) is 23.5 Å². The van der Waals surface area contributed by atoms with Crippen LogP contribution in [0.5, 0.6) is 0 Å². The minimum atomic E-state index is -0.318. The number of hydrogen-bond donors (Lipinski definition) is 0. The Morgan fingerprint density at radius 2 is 1.77 bits per heavy atom. The first-order chi connectivity index (χ1) is 12.8. The molecule has 1 aromatic heterocycles. The molecule has 0 saturated heterocycles. The van der Waals surface area contributed by atoms with Crippen molar-refractivity contribution in [1.82, 2.24) is 5.16 Å². The molecule has 0 unspecified atom stereocenters. The molecule has 0 aliphatic heterocycles. The molecular formula is C19H17N3O3S. The minimum absolute atomic E-state index is 0.116. The van der Waals surface area contributed by atoms with Crippen LogP contribution in [0.25, 0.3) is 11.3 Å². The molecule has 0 saturated carbocycles. The monoisotopic (exact) mass is 367 g/mol. The summed E-state index contributed by atoms with van der Waals surface area (Å²) in [4.78, 5) is 11.6. The molecule has 3 aromatic rings. The van der Waals surface area contributed by atoms with E-state index in [9.17, 15) is 4.79 Å². The zero-order valence-electron chi connectivity index (χ0n) is 14.2. The van der Waals surface area contributed by atoms with Gasteiger partial charge in [0.25, 0.3) is 0 Å². The van der Waals surface area contributed by atoms with Crippen molar-refractivity contribution >= 4 is 29.1 Å². The van der Waals surface area contributed by atoms with Gasteiger partial charge in [0.05, 0.1) is 18.0 Å². The maximum Gasteiger partial charge on any atom is 0.316 e. The lowest BCUT2D eigenvalue weighted by Crippen LogP contribution is -2.06. The SMILES string of the molecule is CCOC(=O)CSc1onc(-c2ccccc2)c1N=Nc1ccccc1. The van der Waals surface area contributed by atoms with Crippen LogP contribution >= 0.6 is 11.8 Å². The number of esters is 1. The fourth-order valence-electron chi connectivity index (χ4n) is 2.17. The molecule has 1 heterocycles. The number of aromatic nitrogens is 1. The van der Waals surface area contributed by atoms with Crippen molar-refractivity contribution in [2.45, 2.75) is 12.0 Å². The number of carbonyl (C=O) groups excluding carboxylic acids is 1. The van der Waals surface area contributed by atoms with Crippen molar-refractivity contribution in [3.05, 3.63) is 60.7 Å². The van der Waals surface area contributed by atoms with Crippen molar-refractivity contribution in [2.24, 2.45) is 10.2 Å². The van der Waals surface area contributed by atoms with Crippen LogP contribution in [0.3, 0.4) is 0 Å². The summed E-state index contributed by atoms with van der Waals surface area (Å²) in [6.45, 7) is 2.11. The predicted molar refractivity (Wildman–Crippen MR) is 99.9 cm³/mol. The second-order valence-electron chi connectivity index (χ2n) is 5.16. The van der Waals surface area contributed by atoms with E-state index >= 15 is 0 Å². The Bertz CT molecular complexity index is 880. The number of azo groups is 1. The Labute approximate surface area is 155 Å². The fraction of sp³-hybridized carbons (Fsp3) is 0.158. The van der Waals surface area contributed by atoms with E-state index in [-0.39, 0.29) is 11.7 Å². The van der Waals surface area contributed by atoms with E-state index in [0.717, 1.165) is 5.56 Å². The Hall–Kier alpha value is -2.93. The number of nitrogens with zero attached hydrogens (tertiary/aromatic N) is 3. The summed E-state index contributed by atoms with van der Waals surface area (Å²) in [6, 6.07) is 19.0. The summed E-state index contributed by atoms with van der Waals surface area (Å²) in [5.41, 5.74) is 2.65. The van der Waals surface area contributed by atoms with Gasteiger partial charge in [0.2, 0.25) is 5.09 Å². The van der Waals surface area contributed by atoms with E-state index in [4.69, 9.17) is 9.26 Å². The lowest BCUT2D eigenvalue weighted by Gasteiger charge is -2.00. The van der Waals surface area contributed by atoms with Crippen molar-refractivity contribution in [3.8, 4) is 11.3 Å². The largest absolute Gasteiger partial charge is 0.465 e. The second kappa shape index (κ2) is 8.96. The molecule has 7 heteroatoms. The van der Waals surface area contributed by atoms with Crippen LogP contribution in [-0.2, 0) is 9.53 Å². The second-order valence-corrected chi connectivity index (χ2v) is 6.11. The van der Waals surface area contributed by atoms with E-state index in [1.54, 1.807) is 6.92 Å². The number of carbonyl (C=O) groups is 1. The first kappa shape index (κ1) is 17.9. The van der Waals surface area contributed by atoms with Crippen molar-refractivity contribution < 1.29 is 14.1 Å². The molecule has 0 atom stereocenters. The smallest absolute Gasteiger partial charge is 0.316 e. The molecule has 0 N–H and O–H groups in total. The molecule has 26 heavy (non-hydrogen) atoms. The van der Waals surface area contributed by atoms with E-state index in [2.05, 4.69) is 15.4 Å². The molecule has 0 amide bonds.